The number of pyridine rings is 1. The molecule has 0 atom stereocenters. The highest BCUT2D eigenvalue weighted by Gasteiger charge is 2.31. The number of aromatic nitrogens is 3. The van der Waals surface area contributed by atoms with E-state index in [0.717, 1.165) is 10.5 Å². The van der Waals surface area contributed by atoms with Gasteiger partial charge in [0.25, 0.3) is 11.5 Å². The molecule has 9 heteroatoms. The molecule has 0 aliphatic heterocycles. The number of benzene rings is 2. The lowest BCUT2D eigenvalue weighted by Gasteiger charge is -2.28. The van der Waals surface area contributed by atoms with Crippen LogP contribution in [-0.4, -0.2) is 44.0 Å². The molecule has 7 nitrogen and oxygen atoms in total. The fourth-order valence-corrected chi connectivity index (χ4v) is 3.46. The third kappa shape index (κ3) is 4.01. The van der Waals surface area contributed by atoms with Crippen molar-refractivity contribution >= 4 is 22.4 Å². The lowest BCUT2D eigenvalue weighted by atomic mass is 10.1. The highest BCUT2D eigenvalue weighted by molar-refractivity contribution is 6.30. The Balaban J connectivity index is 1.88. The second-order valence-electron chi connectivity index (χ2n) is 7.55. The molecule has 4 rings (SSSR count). The first-order valence-corrected chi connectivity index (χ1v) is 10.1. The molecule has 0 amide bonds. The highest BCUT2D eigenvalue weighted by Crippen LogP contribution is 2.28. The lowest BCUT2D eigenvalue weighted by molar-refractivity contribution is -0.262. The van der Waals surface area contributed by atoms with Crippen molar-refractivity contribution in [3.05, 3.63) is 93.2 Å². The number of aliphatic hydroxyl groups is 2. The molecule has 0 aliphatic rings. The molecule has 4 aromatic rings. The van der Waals surface area contributed by atoms with Crippen LogP contribution in [0, 0.1) is 5.95 Å². The van der Waals surface area contributed by atoms with E-state index in [9.17, 15) is 15.0 Å². The standard InChI is InChI=1S/C23H20ClFN4O3/c1-28(2)23(31,32)19-12-11-18(21(25)26-19)20-16-5-3-4-6-17(16)22(30)29(27-20)13-14-7-9-15(24)10-8-14/h3-12,31-32H,13H2,1-2H3. The second-order valence-corrected chi connectivity index (χ2v) is 7.98. The van der Waals surface area contributed by atoms with Crippen LogP contribution in [0.2, 0.25) is 5.02 Å². The molecular formula is C23H20ClFN4O3. The molecule has 2 aromatic carbocycles. The summed E-state index contributed by atoms with van der Waals surface area (Å²) in [6.07, 6.45) is 0. The van der Waals surface area contributed by atoms with Crippen molar-refractivity contribution < 1.29 is 14.6 Å². The quantitative estimate of drug-likeness (QED) is 0.356. The Kier molecular flexibility index (Phi) is 5.79. The molecule has 0 aliphatic carbocycles. The number of fused-ring (bicyclic) bond motifs is 1. The molecule has 0 radical (unpaired) electrons. The highest BCUT2D eigenvalue weighted by atomic mass is 35.5. The summed E-state index contributed by atoms with van der Waals surface area (Å²) in [5.41, 5.74) is 0.459. The lowest BCUT2D eigenvalue weighted by Crippen LogP contribution is -2.41. The van der Waals surface area contributed by atoms with Gasteiger partial charge in [-0.15, -0.1) is 0 Å². The van der Waals surface area contributed by atoms with Crippen molar-refractivity contribution in [2.75, 3.05) is 14.1 Å². The van der Waals surface area contributed by atoms with Crippen LogP contribution in [0.5, 0.6) is 0 Å². The van der Waals surface area contributed by atoms with Crippen LogP contribution in [0.3, 0.4) is 0 Å². The van der Waals surface area contributed by atoms with Gasteiger partial charge in [-0.3, -0.25) is 9.69 Å². The second kappa shape index (κ2) is 8.40. The largest absolute Gasteiger partial charge is 0.348 e. The van der Waals surface area contributed by atoms with E-state index in [1.54, 1.807) is 48.5 Å². The van der Waals surface area contributed by atoms with Gasteiger partial charge in [-0.25, -0.2) is 9.67 Å². The van der Waals surface area contributed by atoms with Crippen molar-refractivity contribution in [3.63, 3.8) is 0 Å². The van der Waals surface area contributed by atoms with Gasteiger partial charge in [-0.2, -0.15) is 9.49 Å². The molecule has 2 heterocycles. The molecule has 0 spiro atoms. The number of nitrogens with zero attached hydrogens (tertiary/aromatic N) is 4. The summed E-state index contributed by atoms with van der Waals surface area (Å²) >= 11 is 5.94. The first kappa shape index (κ1) is 22.0. The minimum atomic E-state index is -2.44. The zero-order chi connectivity index (χ0) is 23.0. The zero-order valence-electron chi connectivity index (χ0n) is 17.3. The van der Waals surface area contributed by atoms with Gasteiger partial charge in [0.05, 0.1) is 17.5 Å². The summed E-state index contributed by atoms with van der Waals surface area (Å²) in [7, 11) is 2.85. The zero-order valence-corrected chi connectivity index (χ0v) is 18.1. The van der Waals surface area contributed by atoms with E-state index in [4.69, 9.17) is 11.6 Å². The van der Waals surface area contributed by atoms with Crippen LogP contribution in [-0.2, 0) is 12.5 Å². The van der Waals surface area contributed by atoms with Gasteiger partial charge in [0.15, 0.2) is 0 Å². The monoisotopic (exact) mass is 454 g/mol. The molecule has 0 saturated heterocycles. The Morgan fingerprint density at radius 2 is 1.69 bits per heavy atom. The fraction of sp³-hybridized carbons (Fsp3) is 0.174. The summed E-state index contributed by atoms with van der Waals surface area (Å²) in [5.74, 6) is -3.38. The van der Waals surface area contributed by atoms with E-state index in [2.05, 4.69) is 10.1 Å². The van der Waals surface area contributed by atoms with Gasteiger partial charge >= 0.3 is 0 Å². The minimum absolute atomic E-state index is 0.0318. The predicted molar refractivity (Wildman–Crippen MR) is 120 cm³/mol. The van der Waals surface area contributed by atoms with Gasteiger partial charge < -0.3 is 10.2 Å². The van der Waals surface area contributed by atoms with Gasteiger partial charge in [-0.1, -0.05) is 41.9 Å². The average Bonchev–Trinajstić information content (AvgIpc) is 2.77. The van der Waals surface area contributed by atoms with Crippen molar-refractivity contribution in [2.45, 2.75) is 12.5 Å². The third-order valence-corrected chi connectivity index (χ3v) is 5.44. The molecule has 164 valence electrons. The molecule has 2 N–H and O–H groups in total. The molecule has 32 heavy (non-hydrogen) atoms. The Bertz CT molecular complexity index is 1350. The normalized spacial score (nSPS) is 12.0. The first-order chi connectivity index (χ1) is 15.2. The molecular weight excluding hydrogens is 435 g/mol. The third-order valence-electron chi connectivity index (χ3n) is 5.18. The van der Waals surface area contributed by atoms with Crippen LogP contribution < -0.4 is 5.56 Å². The summed E-state index contributed by atoms with van der Waals surface area (Å²) in [4.78, 5) is 17.9. The maximum Gasteiger partial charge on any atom is 0.274 e. The van der Waals surface area contributed by atoms with E-state index >= 15 is 4.39 Å². The van der Waals surface area contributed by atoms with Gasteiger partial charge in [0.2, 0.25) is 5.95 Å². The minimum Gasteiger partial charge on any atom is -0.348 e. The molecule has 0 bridgehead atoms. The Morgan fingerprint density at radius 3 is 2.31 bits per heavy atom. The molecule has 2 aromatic heterocycles. The van der Waals surface area contributed by atoms with Crippen molar-refractivity contribution in [1.29, 1.82) is 0 Å². The predicted octanol–water partition coefficient (Wildman–Crippen LogP) is 2.96. The number of halogens is 2. The van der Waals surface area contributed by atoms with E-state index in [1.165, 1.54) is 30.9 Å². The first-order valence-electron chi connectivity index (χ1n) is 9.72. The van der Waals surface area contributed by atoms with Crippen molar-refractivity contribution in [3.8, 4) is 11.3 Å². The maximum atomic E-state index is 15.1. The van der Waals surface area contributed by atoms with Crippen LogP contribution in [0.4, 0.5) is 4.39 Å². The summed E-state index contributed by atoms with van der Waals surface area (Å²) in [6, 6.07) is 16.5. The van der Waals surface area contributed by atoms with E-state index in [-0.39, 0.29) is 29.1 Å². The van der Waals surface area contributed by atoms with Crippen LogP contribution in [0.25, 0.3) is 22.0 Å². The van der Waals surface area contributed by atoms with Crippen molar-refractivity contribution in [1.82, 2.24) is 19.7 Å². The summed E-state index contributed by atoms with van der Waals surface area (Å²) in [6.45, 7) is 0.165. The van der Waals surface area contributed by atoms with Crippen LogP contribution in [0.1, 0.15) is 11.3 Å². The Morgan fingerprint density at radius 1 is 1.03 bits per heavy atom. The number of hydrogen-bond acceptors (Lipinski definition) is 6. The van der Waals surface area contributed by atoms with Gasteiger partial charge in [0.1, 0.15) is 11.4 Å². The maximum absolute atomic E-state index is 15.1. The van der Waals surface area contributed by atoms with Gasteiger partial charge in [-0.05, 0) is 50.0 Å². The smallest absolute Gasteiger partial charge is 0.274 e. The van der Waals surface area contributed by atoms with E-state index in [0.29, 0.717) is 15.8 Å². The molecule has 0 unspecified atom stereocenters. The van der Waals surface area contributed by atoms with Crippen molar-refractivity contribution in [2.24, 2.45) is 0 Å². The van der Waals surface area contributed by atoms with Crippen LogP contribution >= 0.6 is 11.6 Å². The summed E-state index contributed by atoms with van der Waals surface area (Å²) < 4.78 is 16.3. The number of hydrogen-bond donors (Lipinski definition) is 2. The SMILES string of the molecule is CN(C)C(O)(O)c1ccc(-c2nn(Cc3ccc(Cl)cc3)c(=O)c3ccccc23)c(F)n1. The molecule has 0 fully saturated rings. The van der Waals surface area contributed by atoms with Gasteiger partial charge in [0, 0.05) is 10.4 Å². The Hall–Kier alpha value is -3.17. The van der Waals surface area contributed by atoms with Crippen LogP contribution in [0.15, 0.2) is 65.5 Å². The fourth-order valence-electron chi connectivity index (χ4n) is 3.33. The average molecular weight is 455 g/mol. The summed E-state index contributed by atoms with van der Waals surface area (Å²) in [5, 5.41) is 26.2. The van der Waals surface area contributed by atoms with E-state index in [1.807, 2.05) is 0 Å². The number of rotatable bonds is 5. The molecule has 0 saturated carbocycles. The topological polar surface area (TPSA) is 91.5 Å². The Labute approximate surface area is 188 Å². The van der Waals surface area contributed by atoms with E-state index < -0.39 is 11.9 Å².